The molecule has 4 N–H and O–H groups in total. The summed E-state index contributed by atoms with van der Waals surface area (Å²) in [5, 5.41) is 5.61. The Bertz CT molecular complexity index is 455. The molecule has 1 fully saturated rings. The van der Waals surface area contributed by atoms with Gasteiger partial charge in [-0.15, -0.1) is 0 Å². The first-order chi connectivity index (χ1) is 8.70. The van der Waals surface area contributed by atoms with Crippen molar-refractivity contribution in [3.63, 3.8) is 0 Å². The minimum Gasteiger partial charge on any atom is -0.349 e. The average molecular weight is 247 g/mol. The van der Waals surface area contributed by atoms with Crippen LogP contribution in [-0.2, 0) is 4.79 Å². The van der Waals surface area contributed by atoms with E-state index < -0.39 is 0 Å². The van der Waals surface area contributed by atoms with Gasteiger partial charge in [0, 0.05) is 19.0 Å². The van der Waals surface area contributed by atoms with E-state index in [9.17, 15) is 9.59 Å². The van der Waals surface area contributed by atoms with Crippen molar-refractivity contribution in [1.29, 1.82) is 0 Å². The molecule has 0 atom stereocenters. The second-order valence-electron chi connectivity index (χ2n) is 4.38. The summed E-state index contributed by atoms with van der Waals surface area (Å²) in [6.07, 6.45) is 2.32. The van der Waals surface area contributed by atoms with E-state index in [1.807, 2.05) is 0 Å². The van der Waals surface area contributed by atoms with Gasteiger partial charge >= 0.3 is 0 Å². The van der Waals surface area contributed by atoms with E-state index in [1.165, 1.54) is 0 Å². The zero-order chi connectivity index (χ0) is 13.0. The Morgan fingerprint density at radius 2 is 2.00 bits per heavy atom. The van der Waals surface area contributed by atoms with Crippen LogP contribution in [0.2, 0.25) is 0 Å². The number of hydrogen-bond donors (Lipinski definition) is 3. The molecule has 1 aromatic rings. The molecule has 1 aliphatic carbocycles. The SMILES string of the molecule is NCCC(=O)Nc1ccccc1C(=O)NC1CC1. The lowest BCUT2D eigenvalue weighted by atomic mass is 10.1. The zero-order valence-corrected chi connectivity index (χ0v) is 10.1. The molecule has 0 saturated heterocycles. The number of nitrogens with one attached hydrogen (secondary N) is 2. The van der Waals surface area contributed by atoms with E-state index in [2.05, 4.69) is 10.6 Å². The van der Waals surface area contributed by atoms with Gasteiger partial charge < -0.3 is 16.4 Å². The highest BCUT2D eigenvalue weighted by Gasteiger charge is 2.24. The van der Waals surface area contributed by atoms with Gasteiger partial charge in [-0.3, -0.25) is 9.59 Å². The molecule has 1 aromatic carbocycles. The Balaban J connectivity index is 2.08. The Morgan fingerprint density at radius 1 is 1.28 bits per heavy atom. The van der Waals surface area contributed by atoms with Crippen LogP contribution >= 0.6 is 0 Å². The van der Waals surface area contributed by atoms with Crippen molar-refractivity contribution in [2.45, 2.75) is 25.3 Å². The molecule has 0 unspecified atom stereocenters. The summed E-state index contributed by atoms with van der Waals surface area (Å²) in [5.74, 6) is -0.315. The number of anilines is 1. The molecule has 5 heteroatoms. The highest BCUT2D eigenvalue weighted by Crippen LogP contribution is 2.21. The smallest absolute Gasteiger partial charge is 0.253 e. The van der Waals surface area contributed by atoms with E-state index in [0.29, 0.717) is 23.8 Å². The monoisotopic (exact) mass is 247 g/mol. The third-order valence-corrected chi connectivity index (χ3v) is 2.73. The van der Waals surface area contributed by atoms with Gasteiger partial charge in [0.05, 0.1) is 11.3 Å². The quantitative estimate of drug-likeness (QED) is 0.721. The Hall–Kier alpha value is -1.88. The highest BCUT2D eigenvalue weighted by atomic mass is 16.2. The number of carbonyl (C=O) groups is 2. The fraction of sp³-hybridized carbons (Fsp3) is 0.385. The van der Waals surface area contributed by atoms with Crippen LogP contribution in [0.4, 0.5) is 5.69 Å². The molecule has 0 bridgehead atoms. The first-order valence-corrected chi connectivity index (χ1v) is 6.10. The van der Waals surface area contributed by atoms with Gasteiger partial charge in [0.1, 0.15) is 0 Å². The molecule has 0 radical (unpaired) electrons. The van der Waals surface area contributed by atoms with Crippen LogP contribution < -0.4 is 16.4 Å². The van der Waals surface area contributed by atoms with Crippen molar-refractivity contribution in [3.05, 3.63) is 29.8 Å². The van der Waals surface area contributed by atoms with E-state index in [4.69, 9.17) is 5.73 Å². The molecule has 0 aliphatic heterocycles. The van der Waals surface area contributed by atoms with Crippen molar-refractivity contribution in [1.82, 2.24) is 5.32 Å². The fourth-order valence-electron chi connectivity index (χ4n) is 1.62. The van der Waals surface area contributed by atoms with Gasteiger partial charge in [-0.05, 0) is 25.0 Å². The van der Waals surface area contributed by atoms with Crippen molar-refractivity contribution < 1.29 is 9.59 Å². The van der Waals surface area contributed by atoms with E-state index >= 15 is 0 Å². The number of nitrogens with two attached hydrogens (primary N) is 1. The lowest BCUT2D eigenvalue weighted by Crippen LogP contribution is -2.27. The molecule has 96 valence electrons. The molecule has 18 heavy (non-hydrogen) atoms. The van der Waals surface area contributed by atoms with Crippen LogP contribution in [0.25, 0.3) is 0 Å². The summed E-state index contributed by atoms with van der Waals surface area (Å²) >= 11 is 0. The molecule has 0 spiro atoms. The molecule has 2 rings (SSSR count). The predicted molar refractivity (Wildman–Crippen MR) is 69.2 cm³/mol. The molecular weight excluding hydrogens is 230 g/mol. The number of amides is 2. The number of hydrogen-bond acceptors (Lipinski definition) is 3. The number of rotatable bonds is 5. The summed E-state index contributed by atoms with van der Waals surface area (Å²) in [6.45, 7) is 0.294. The predicted octanol–water partition coefficient (Wildman–Crippen LogP) is 0.866. The van der Waals surface area contributed by atoms with Crippen molar-refractivity contribution in [2.75, 3.05) is 11.9 Å². The highest BCUT2D eigenvalue weighted by molar-refractivity contribution is 6.03. The Labute approximate surface area is 106 Å². The van der Waals surface area contributed by atoms with E-state index in [1.54, 1.807) is 24.3 Å². The number of carbonyl (C=O) groups excluding carboxylic acids is 2. The first kappa shape index (κ1) is 12.6. The number of para-hydroxylation sites is 1. The maximum Gasteiger partial charge on any atom is 0.253 e. The largest absolute Gasteiger partial charge is 0.349 e. The van der Waals surface area contributed by atoms with Crippen LogP contribution in [-0.4, -0.2) is 24.4 Å². The molecule has 0 heterocycles. The summed E-state index contributed by atoms with van der Waals surface area (Å²) in [7, 11) is 0. The van der Waals surface area contributed by atoms with Crippen LogP contribution in [0, 0.1) is 0 Å². The normalized spacial score (nSPS) is 14.1. The minimum absolute atomic E-state index is 0.138. The summed E-state index contributed by atoms with van der Waals surface area (Å²) in [4.78, 5) is 23.5. The van der Waals surface area contributed by atoms with Gasteiger partial charge in [-0.25, -0.2) is 0 Å². The van der Waals surface area contributed by atoms with Crippen LogP contribution in [0.3, 0.4) is 0 Å². The van der Waals surface area contributed by atoms with Gasteiger partial charge in [-0.2, -0.15) is 0 Å². The van der Waals surface area contributed by atoms with Gasteiger partial charge in [0.2, 0.25) is 5.91 Å². The Morgan fingerprint density at radius 3 is 2.67 bits per heavy atom. The van der Waals surface area contributed by atoms with Gasteiger partial charge in [0.15, 0.2) is 0 Å². The minimum atomic E-state index is -0.177. The maximum atomic E-state index is 12.0. The van der Waals surface area contributed by atoms with E-state index in [-0.39, 0.29) is 18.2 Å². The van der Waals surface area contributed by atoms with Crippen LogP contribution in [0.15, 0.2) is 24.3 Å². The lowest BCUT2D eigenvalue weighted by molar-refractivity contribution is -0.116. The van der Waals surface area contributed by atoms with E-state index in [0.717, 1.165) is 12.8 Å². The summed E-state index contributed by atoms with van der Waals surface area (Å²) in [5.41, 5.74) is 6.35. The molecule has 5 nitrogen and oxygen atoms in total. The molecule has 1 saturated carbocycles. The van der Waals surface area contributed by atoms with Crippen molar-refractivity contribution in [2.24, 2.45) is 5.73 Å². The van der Waals surface area contributed by atoms with Gasteiger partial charge in [-0.1, -0.05) is 12.1 Å². The Kier molecular flexibility index (Phi) is 3.94. The molecule has 0 aromatic heterocycles. The van der Waals surface area contributed by atoms with Crippen LogP contribution in [0.1, 0.15) is 29.6 Å². The second kappa shape index (κ2) is 5.64. The van der Waals surface area contributed by atoms with Crippen LogP contribution in [0.5, 0.6) is 0 Å². The fourth-order valence-corrected chi connectivity index (χ4v) is 1.62. The second-order valence-corrected chi connectivity index (χ2v) is 4.38. The summed E-state index contributed by atoms with van der Waals surface area (Å²) < 4.78 is 0. The first-order valence-electron chi connectivity index (χ1n) is 6.10. The molecule has 2 amide bonds. The zero-order valence-electron chi connectivity index (χ0n) is 10.1. The van der Waals surface area contributed by atoms with Gasteiger partial charge in [0.25, 0.3) is 5.91 Å². The van der Waals surface area contributed by atoms with Crippen molar-refractivity contribution >= 4 is 17.5 Å². The third kappa shape index (κ3) is 3.30. The average Bonchev–Trinajstić information content (AvgIpc) is 3.14. The number of benzene rings is 1. The standard InChI is InChI=1S/C13H17N3O2/c14-8-7-12(17)16-11-4-2-1-3-10(11)13(18)15-9-5-6-9/h1-4,9H,5-8,14H2,(H,15,18)(H,16,17). The lowest BCUT2D eigenvalue weighted by Gasteiger charge is -2.10. The molecule has 1 aliphatic rings. The third-order valence-electron chi connectivity index (χ3n) is 2.73. The topological polar surface area (TPSA) is 84.2 Å². The summed E-state index contributed by atoms with van der Waals surface area (Å²) in [6, 6.07) is 7.28. The maximum absolute atomic E-state index is 12.0. The molecular formula is C13H17N3O2. The van der Waals surface area contributed by atoms with Crippen molar-refractivity contribution in [3.8, 4) is 0 Å².